The van der Waals surface area contributed by atoms with Crippen molar-refractivity contribution < 1.29 is 14.6 Å². The van der Waals surface area contributed by atoms with E-state index in [0.717, 1.165) is 69.8 Å². The number of hydrogen-bond acceptors (Lipinski definition) is 5. The number of fused-ring (bicyclic) bond motifs is 4. The minimum atomic E-state index is -0.397. The van der Waals surface area contributed by atoms with Gasteiger partial charge in [0.05, 0.1) is 25.1 Å². The quantitative estimate of drug-likeness (QED) is 0.293. The van der Waals surface area contributed by atoms with Gasteiger partial charge in [-0.1, -0.05) is 80.5 Å². The number of anilines is 1. The SMILES string of the molecule is C=C(NCc1ccc(C2CC3(C)C(O)CCC3C3CCC4CC5(CCC4=C23)OCC(C)(C)CO5)cc1)Nc1ccc(C)cc1. The molecule has 4 fully saturated rings. The third-order valence-corrected chi connectivity index (χ3v) is 12.0. The van der Waals surface area contributed by atoms with E-state index >= 15 is 0 Å². The number of aliphatic hydroxyl groups is 1. The molecule has 3 N–H and O–H groups in total. The van der Waals surface area contributed by atoms with Gasteiger partial charge in [0, 0.05) is 36.4 Å². The molecule has 1 spiro atoms. The third-order valence-electron chi connectivity index (χ3n) is 12.0. The van der Waals surface area contributed by atoms with Crippen molar-refractivity contribution in [3.05, 3.63) is 88.8 Å². The minimum absolute atomic E-state index is 0.0110. The van der Waals surface area contributed by atoms with Crippen molar-refractivity contribution in [1.29, 1.82) is 0 Å². The zero-order valence-corrected chi connectivity index (χ0v) is 27.3. The van der Waals surface area contributed by atoms with Crippen LogP contribution in [0.4, 0.5) is 5.69 Å². The topological polar surface area (TPSA) is 62.8 Å². The average Bonchev–Trinajstić information content (AvgIpc) is 3.32. The monoisotopic (exact) mass is 596 g/mol. The highest BCUT2D eigenvalue weighted by Crippen LogP contribution is 2.65. The summed E-state index contributed by atoms with van der Waals surface area (Å²) in [7, 11) is 0. The molecular weight excluding hydrogens is 544 g/mol. The van der Waals surface area contributed by atoms with E-state index in [2.05, 4.69) is 93.4 Å². The van der Waals surface area contributed by atoms with Gasteiger partial charge in [-0.3, -0.25) is 0 Å². The maximum atomic E-state index is 11.3. The molecule has 5 heteroatoms. The first kappa shape index (κ1) is 30.1. The highest BCUT2D eigenvalue weighted by atomic mass is 16.7. The van der Waals surface area contributed by atoms with E-state index in [1.54, 1.807) is 11.1 Å². The molecule has 1 heterocycles. The summed E-state index contributed by atoms with van der Waals surface area (Å²) in [6, 6.07) is 17.6. The van der Waals surface area contributed by atoms with Crippen molar-refractivity contribution in [2.24, 2.45) is 28.6 Å². The summed E-state index contributed by atoms with van der Waals surface area (Å²) in [6.45, 7) is 15.4. The maximum Gasteiger partial charge on any atom is 0.169 e. The second kappa shape index (κ2) is 11.3. The van der Waals surface area contributed by atoms with Gasteiger partial charge in [0.1, 0.15) is 0 Å². The van der Waals surface area contributed by atoms with Crippen LogP contribution in [0.25, 0.3) is 0 Å². The van der Waals surface area contributed by atoms with E-state index in [4.69, 9.17) is 9.47 Å². The van der Waals surface area contributed by atoms with Gasteiger partial charge < -0.3 is 25.2 Å². The summed E-state index contributed by atoms with van der Waals surface area (Å²) in [5.41, 5.74) is 8.45. The molecule has 2 aromatic rings. The largest absolute Gasteiger partial charge is 0.393 e. The number of aliphatic hydroxyl groups excluding tert-OH is 1. The van der Waals surface area contributed by atoms with Crippen LogP contribution < -0.4 is 10.6 Å². The van der Waals surface area contributed by atoms with Crippen molar-refractivity contribution in [3.8, 4) is 0 Å². The van der Waals surface area contributed by atoms with E-state index < -0.39 is 5.79 Å². The van der Waals surface area contributed by atoms with Crippen LogP contribution in [0.5, 0.6) is 0 Å². The van der Waals surface area contributed by atoms with Crippen LogP contribution in [0, 0.1) is 35.5 Å². The lowest BCUT2D eigenvalue weighted by Gasteiger charge is -2.55. The zero-order chi connectivity index (χ0) is 30.7. The van der Waals surface area contributed by atoms with Gasteiger partial charge in [0.2, 0.25) is 0 Å². The molecule has 236 valence electrons. The number of aryl methyl sites for hydroxylation is 1. The molecule has 6 atom stereocenters. The van der Waals surface area contributed by atoms with Crippen LogP contribution in [0.2, 0.25) is 0 Å². The number of allylic oxidation sites excluding steroid dienone is 2. The Bertz CT molecular complexity index is 1400. The molecule has 3 saturated carbocycles. The second-order valence-corrected chi connectivity index (χ2v) is 15.7. The van der Waals surface area contributed by atoms with Crippen LogP contribution in [-0.2, 0) is 16.0 Å². The highest BCUT2D eigenvalue weighted by molar-refractivity contribution is 5.48. The Balaban J connectivity index is 1.11. The standard InChI is InChI=1S/C39H52N2O3/c1-25-6-13-30(14-7-25)41-26(2)40-22-27-8-10-28(11-9-27)33-21-38(5)34(16-17-35(38)42)32-15-12-29-20-39(19-18-31(29)36(32)33)43-23-37(3,4)24-44-39/h6-11,13-14,29,32-35,40-42H,2,12,15-24H2,1,3-5H3. The summed E-state index contributed by atoms with van der Waals surface area (Å²) in [5, 5.41) is 18.1. The third kappa shape index (κ3) is 5.54. The molecule has 2 aromatic carbocycles. The first-order chi connectivity index (χ1) is 21.0. The Morgan fingerprint density at radius 3 is 2.39 bits per heavy atom. The normalized spacial score (nSPS) is 33.7. The van der Waals surface area contributed by atoms with E-state index in [9.17, 15) is 5.11 Å². The molecule has 0 bridgehead atoms. The van der Waals surface area contributed by atoms with Crippen LogP contribution in [0.1, 0.15) is 94.7 Å². The molecule has 0 radical (unpaired) electrons. The Morgan fingerprint density at radius 2 is 1.66 bits per heavy atom. The maximum absolute atomic E-state index is 11.3. The highest BCUT2D eigenvalue weighted by Gasteiger charge is 2.57. The summed E-state index contributed by atoms with van der Waals surface area (Å²) >= 11 is 0. The molecule has 4 aliphatic carbocycles. The van der Waals surface area contributed by atoms with Crippen LogP contribution in [0.3, 0.4) is 0 Å². The Labute approximate surface area is 264 Å². The molecular formula is C39H52N2O3. The van der Waals surface area contributed by atoms with Crippen LogP contribution >= 0.6 is 0 Å². The Kier molecular flexibility index (Phi) is 7.74. The van der Waals surface area contributed by atoms with Crippen molar-refractivity contribution in [3.63, 3.8) is 0 Å². The predicted molar refractivity (Wildman–Crippen MR) is 177 cm³/mol. The zero-order valence-electron chi connectivity index (χ0n) is 27.3. The first-order valence-corrected chi connectivity index (χ1v) is 17.1. The summed E-state index contributed by atoms with van der Waals surface area (Å²) in [4.78, 5) is 0. The fourth-order valence-electron chi connectivity index (χ4n) is 9.43. The van der Waals surface area contributed by atoms with E-state index in [-0.39, 0.29) is 16.9 Å². The second-order valence-electron chi connectivity index (χ2n) is 15.7. The lowest BCUT2D eigenvalue weighted by molar-refractivity contribution is -0.312. The van der Waals surface area contributed by atoms with E-state index in [1.165, 1.54) is 29.5 Å². The van der Waals surface area contributed by atoms with E-state index in [0.29, 0.717) is 23.7 Å². The molecule has 6 unspecified atom stereocenters. The average molecular weight is 597 g/mol. The van der Waals surface area contributed by atoms with Crippen molar-refractivity contribution in [1.82, 2.24) is 5.32 Å². The first-order valence-electron chi connectivity index (χ1n) is 17.1. The summed E-state index contributed by atoms with van der Waals surface area (Å²) < 4.78 is 13.0. The molecule has 5 nitrogen and oxygen atoms in total. The van der Waals surface area contributed by atoms with Crippen LogP contribution in [-0.4, -0.2) is 30.2 Å². The van der Waals surface area contributed by atoms with Gasteiger partial charge in [-0.15, -0.1) is 0 Å². The molecule has 0 aromatic heterocycles. The summed E-state index contributed by atoms with van der Waals surface area (Å²) in [5.74, 6) is 2.49. The number of hydrogen-bond donors (Lipinski definition) is 3. The van der Waals surface area contributed by atoms with Gasteiger partial charge in [-0.05, 0) is 91.9 Å². The number of benzene rings is 2. The number of ether oxygens (including phenoxy) is 2. The van der Waals surface area contributed by atoms with Crippen LogP contribution in [0.15, 0.2) is 72.1 Å². The lowest BCUT2D eigenvalue weighted by Crippen LogP contribution is -2.52. The molecule has 7 rings (SSSR count). The minimum Gasteiger partial charge on any atom is -0.393 e. The van der Waals surface area contributed by atoms with Crippen molar-refractivity contribution >= 4 is 5.69 Å². The number of nitrogens with one attached hydrogen (secondary N) is 2. The van der Waals surface area contributed by atoms with Gasteiger partial charge >= 0.3 is 0 Å². The molecule has 0 amide bonds. The van der Waals surface area contributed by atoms with Gasteiger partial charge in [-0.2, -0.15) is 0 Å². The molecule has 44 heavy (non-hydrogen) atoms. The fraction of sp³-hybridized carbons (Fsp3) is 0.590. The van der Waals surface area contributed by atoms with Crippen molar-refractivity contribution in [2.45, 2.75) is 103 Å². The van der Waals surface area contributed by atoms with Gasteiger partial charge in [0.15, 0.2) is 5.79 Å². The number of rotatable bonds is 6. The Morgan fingerprint density at radius 1 is 0.932 bits per heavy atom. The lowest BCUT2D eigenvalue weighted by atomic mass is 9.52. The van der Waals surface area contributed by atoms with Crippen molar-refractivity contribution in [2.75, 3.05) is 18.5 Å². The van der Waals surface area contributed by atoms with E-state index in [1.807, 2.05) is 0 Å². The summed E-state index contributed by atoms with van der Waals surface area (Å²) in [6.07, 6.45) is 8.45. The molecule has 1 aliphatic heterocycles. The molecule has 1 saturated heterocycles. The smallest absolute Gasteiger partial charge is 0.169 e. The Hall–Kier alpha value is -2.60. The molecule has 5 aliphatic rings. The predicted octanol–water partition coefficient (Wildman–Crippen LogP) is 8.21. The fourth-order valence-corrected chi connectivity index (χ4v) is 9.43. The van der Waals surface area contributed by atoms with Gasteiger partial charge in [-0.25, -0.2) is 0 Å². The van der Waals surface area contributed by atoms with Gasteiger partial charge in [0.25, 0.3) is 0 Å².